The number of nitrogens with zero attached hydrogens (tertiary/aromatic N) is 2. The Morgan fingerprint density at radius 3 is 2.76 bits per heavy atom. The van der Waals surface area contributed by atoms with Crippen LogP contribution in [0.15, 0.2) is 23.3 Å². The van der Waals surface area contributed by atoms with E-state index in [1.54, 1.807) is 6.21 Å². The van der Waals surface area contributed by atoms with E-state index in [1.165, 1.54) is 0 Å². The largest absolute Gasteiger partial charge is 0.344 e. The minimum Gasteiger partial charge on any atom is -0.275 e. The number of carbonyl (C=O) groups excluding carboxylic acids is 2. The fourth-order valence-electron chi connectivity index (χ4n) is 1.56. The molecule has 1 saturated heterocycles. The average molecular weight is 231 g/mol. The van der Waals surface area contributed by atoms with Gasteiger partial charge in [0.15, 0.2) is 0 Å². The van der Waals surface area contributed by atoms with Crippen LogP contribution in [0.1, 0.15) is 16.7 Å². The third kappa shape index (κ3) is 2.50. The van der Waals surface area contributed by atoms with E-state index in [0.29, 0.717) is 0 Å². The number of urea groups is 1. The molecule has 1 aromatic carbocycles. The zero-order valence-electron chi connectivity index (χ0n) is 9.73. The van der Waals surface area contributed by atoms with Crippen LogP contribution in [0, 0.1) is 13.8 Å². The van der Waals surface area contributed by atoms with E-state index in [1.807, 2.05) is 32.0 Å². The van der Waals surface area contributed by atoms with Gasteiger partial charge in [0.1, 0.15) is 6.54 Å². The van der Waals surface area contributed by atoms with Crippen molar-refractivity contribution < 1.29 is 9.59 Å². The number of benzene rings is 1. The average Bonchev–Trinajstić information content (AvgIpc) is 2.59. The van der Waals surface area contributed by atoms with Crippen LogP contribution >= 0.6 is 0 Å². The molecule has 2 rings (SSSR count). The van der Waals surface area contributed by atoms with Gasteiger partial charge in [0.2, 0.25) is 5.91 Å². The number of imide groups is 1. The third-order valence-corrected chi connectivity index (χ3v) is 2.55. The summed E-state index contributed by atoms with van der Waals surface area (Å²) >= 11 is 0. The van der Waals surface area contributed by atoms with Crippen molar-refractivity contribution in [1.82, 2.24) is 10.3 Å². The molecule has 0 radical (unpaired) electrons. The highest BCUT2D eigenvalue weighted by Gasteiger charge is 2.25. The van der Waals surface area contributed by atoms with Gasteiger partial charge in [-0.15, -0.1) is 0 Å². The number of carbonyl (C=O) groups is 2. The Morgan fingerprint density at radius 2 is 2.12 bits per heavy atom. The first kappa shape index (κ1) is 11.3. The molecule has 0 aromatic heterocycles. The van der Waals surface area contributed by atoms with Gasteiger partial charge in [-0.25, -0.2) is 9.80 Å². The molecule has 5 heteroatoms. The van der Waals surface area contributed by atoms with Crippen molar-refractivity contribution in [3.05, 3.63) is 34.9 Å². The lowest BCUT2D eigenvalue weighted by atomic mass is 10.1. The molecule has 88 valence electrons. The van der Waals surface area contributed by atoms with Crippen LogP contribution in [0.25, 0.3) is 0 Å². The van der Waals surface area contributed by atoms with Crippen molar-refractivity contribution >= 4 is 18.2 Å². The molecule has 0 spiro atoms. The lowest BCUT2D eigenvalue weighted by Crippen LogP contribution is -2.24. The summed E-state index contributed by atoms with van der Waals surface area (Å²) in [5, 5.41) is 7.28. The van der Waals surface area contributed by atoms with Gasteiger partial charge in [-0.2, -0.15) is 5.10 Å². The maximum Gasteiger partial charge on any atom is 0.344 e. The summed E-state index contributed by atoms with van der Waals surface area (Å²) < 4.78 is 0. The van der Waals surface area contributed by atoms with Gasteiger partial charge in [-0.1, -0.05) is 23.8 Å². The highest BCUT2D eigenvalue weighted by Crippen LogP contribution is 2.09. The van der Waals surface area contributed by atoms with E-state index in [-0.39, 0.29) is 12.5 Å². The normalized spacial score (nSPS) is 15.8. The molecule has 5 nitrogen and oxygen atoms in total. The molecule has 0 atom stereocenters. The van der Waals surface area contributed by atoms with Crippen LogP contribution in [0.4, 0.5) is 4.79 Å². The van der Waals surface area contributed by atoms with Gasteiger partial charge in [0.05, 0.1) is 6.21 Å². The zero-order chi connectivity index (χ0) is 12.4. The standard InChI is InChI=1S/C12H13N3O2/c1-8-3-4-9(2)10(5-8)6-13-15-7-11(16)14-12(15)17/h3-6H,7H2,1-2H3,(H,14,16,17)/b13-6-. The first-order valence-corrected chi connectivity index (χ1v) is 5.29. The van der Waals surface area contributed by atoms with Crippen LogP contribution in [0.3, 0.4) is 0 Å². The SMILES string of the molecule is Cc1ccc(C)c(/C=N\N2CC(=O)NC2=O)c1. The zero-order valence-corrected chi connectivity index (χ0v) is 9.73. The Kier molecular flexibility index (Phi) is 2.91. The molecule has 0 bridgehead atoms. The van der Waals surface area contributed by atoms with Crippen molar-refractivity contribution in [2.45, 2.75) is 13.8 Å². The Balaban J connectivity index is 2.18. The molecule has 1 aliphatic rings. The van der Waals surface area contributed by atoms with E-state index in [2.05, 4.69) is 10.4 Å². The van der Waals surface area contributed by atoms with Crippen LogP contribution < -0.4 is 5.32 Å². The van der Waals surface area contributed by atoms with E-state index >= 15 is 0 Å². The second-order valence-electron chi connectivity index (χ2n) is 4.02. The fourth-order valence-corrected chi connectivity index (χ4v) is 1.56. The summed E-state index contributed by atoms with van der Waals surface area (Å²) in [6.45, 7) is 3.94. The molecule has 1 heterocycles. The molecular formula is C12H13N3O2. The van der Waals surface area contributed by atoms with Crippen LogP contribution in [0.5, 0.6) is 0 Å². The Labute approximate surface area is 99.1 Å². The number of amides is 3. The Morgan fingerprint density at radius 1 is 1.35 bits per heavy atom. The molecule has 1 fully saturated rings. The first-order chi connectivity index (χ1) is 8.06. The molecule has 0 aliphatic carbocycles. The quantitative estimate of drug-likeness (QED) is 0.614. The highest BCUT2D eigenvalue weighted by molar-refractivity contribution is 6.02. The molecule has 1 aliphatic heterocycles. The molecule has 17 heavy (non-hydrogen) atoms. The molecule has 3 amide bonds. The molecule has 0 saturated carbocycles. The Hall–Kier alpha value is -2.17. The van der Waals surface area contributed by atoms with Gasteiger partial charge in [0.25, 0.3) is 0 Å². The summed E-state index contributed by atoms with van der Waals surface area (Å²) in [5.41, 5.74) is 3.14. The maximum absolute atomic E-state index is 11.2. The monoisotopic (exact) mass is 231 g/mol. The van der Waals surface area contributed by atoms with Gasteiger partial charge >= 0.3 is 6.03 Å². The minimum atomic E-state index is -0.475. The van der Waals surface area contributed by atoms with Crippen molar-refractivity contribution in [2.75, 3.05) is 6.54 Å². The van der Waals surface area contributed by atoms with Crippen molar-refractivity contribution in [1.29, 1.82) is 0 Å². The van der Waals surface area contributed by atoms with Crippen molar-refractivity contribution in [3.63, 3.8) is 0 Å². The topological polar surface area (TPSA) is 61.8 Å². The van der Waals surface area contributed by atoms with E-state index < -0.39 is 6.03 Å². The number of hydrogen-bond acceptors (Lipinski definition) is 3. The van der Waals surface area contributed by atoms with Crippen LogP contribution in [-0.2, 0) is 4.79 Å². The summed E-state index contributed by atoms with van der Waals surface area (Å²) in [5.74, 6) is -0.326. The highest BCUT2D eigenvalue weighted by atomic mass is 16.2. The van der Waals surface area contributed by atoms with Gasteiger partial charge in [-0.3, -0.25) is 10.1 Å². The van der Waals surface area contributed by atoms with Crippen LogP contribution in [-0.4, -0.2) is 29.7 Å². The molecule has 0 unspecified atom stereocenters. The van der Waals surface area contributed by atoms with Crippen molar-refractivity contribution in [3.8, 4) is 0 Å². The van der Waals surface area contributed by atoms with Gasteiger partial charge < -0.3 is 0 Å². The molecular weight excluding hydrogens is 218 g/mol. The maximum atomic E-state index is 11.2. The predicted octanol–water partition coefficient (Wildman–Crippen LogP) is 1.19. The fraction of sp³-hybridized carbons (Fsp3) is 0.250. The first-order valence-electron chi connectivity index (χ1n) is 5.29. The summed E-state index contributed by atoms with van der Waals surface area (Å²) in [6.07, 6.45) is 1.60. The van der Waals surface area contributed by atoms with Crippen molar-refractivity contribution in [2.24, 2.45) is 5.10 Å². The second kappa shape index (κ2) is 4.37. The summed E-state index contributed by atoms with van der Waals surface area (Å²) in [7, 11) is 0. The van der Waals surface area contributed by atoms with E-state index in [9.17, 15) is 9.59 Å². The number of hydrogen-bond donors (Lipinski definition) is 1. The second-order valence-corrected chi connectivity index (χ2v) is 4.02. The van der Waals surface area contributed by atoms with E-state index in [0.717, 1.165) is 21.7 Å². The van der Waals surface area contributed by atoms with Crippen LogP contribution in [0.2, 0.25) is 0 Å². The molecule has 1 aromatic rings. The molecule has 1 N–H and O–H groups in total. The lowest BCUT2D eigenvalue weighted by molar-refractivity contribution is -0.118. The number of aryl methyl sites for hydroxylation is 2. The smallest absolute Gasteiger partial charge is 0.275 e. The van der Waals surface area contributed by atoms with Gasteiger partial charge in [0, 0.05) is 0 Å². The minimum absolute atomic E-state index is 0.0137. The Bertz CT molecular complexity index is 508. The third-order valence-electron chi connectivity index (χ3n) is 2.55. The summed E-state index contributed by atoms with van der Waals surface area (Å²) in [4.78, 5) is 22.2. The van der Waals surface area contributed by atoms with Gasteiger partial charge in [-0.05, 0) is 25.0 Å². The predicted molar refractivity (Wildman–Crippen MR) is 63.8 cm³/mol. The number of nitrogens with one attached hydrogen (secondary N) is 1. The number of hydrazone groups is 1. The van der Waals surface area contributed by atoms with E-state index in [4.69, 9.17) is 0 Å². The summed E-state index contributed by atoms with van der Waals surface area (Å²) in [6, 6.07) is 5.51. The number of rotatable bonds is 2. The lowest BCUT2D eigenvalue weighted by Gasteiger charge is -2.06.